The lowest BCUT2D eigenvalue weighted by molar-refractivity contribution is -0.123. The molecule has 3 aromatic rings. The number of ether oxygens (including phenoxy) is 3. The molecule has 0 radical (unpaired) electrons. The number of fused-ring (bicyclic) bond motifs is 1. The van der Waals surface area contributed by atoms with E-state index < -0.39 is 0 Å². The number of carbonyl (C=O) groups is 1. The van der Waals surface area contributed by atoms with Crippen LogP contribution in [0.4, 0.5) is 0 Å². The van der Waals surface area contributed by atoms with Crippen LogP contribution in [0.1, 0.15) is 19.8 Å². The normalized spacial score (nSPS) is 13.1. The van der Waals surface area contributed by atoms with Gasteiger partial charge in [-0.05, 0) is 44.0 Å². The summed E-state index contributed by atoms with van der Waals surface area (Å²) in [5.41, 5.74) is 0.0381. The van der Waals surface area contributed by atoms with Gasteiger partial charge in [0.15, 0.2) is 18.1 Å². The quantitative estimate of drug-likeness (QED) is 0.627. The first kappa shape index (κ1) is 18.9. The van der Waals surface area contributed by atoms with Crippen molar-refractivity contribution in [3.8, 4) is 23.0 Å². The lowest BCUT2D eigenvalue weighted by Crippen LogP contribution is -2.30. The highest BCUT2D eigenvalue weighted by Crippen LogP contribution is 2.31. The van der Waals surface area contributed by atoms with Crippen LogP contribution in [0.2, 0.25) is 0 Å². The first-order chi connectivity index (χ1) is 14.1. The summed E-state index contributed by atoms with van der Waals surface area (Å²) in [5, 5.41) is 3.20. The van der Waals surface area contributed by atoms with E-state index in [2.05, 4.69) is 5.32 Å². The topological polar surface area (TPSA) is 87.0 Å². The van der Waals surface area contributed by atoms with Gasteiger partial charge in [0.25, 0.3) is 5.91 Å². The molecule has 0 spiro atoms. The maximum absolute atomic E-state index is 12.8. The SMILES string of the molecule is CCOc1ccccc1Oc1coc2cc(OCC(=O)NC3CC3)ccc2c1=O. The molecule has 7 heteroatoms. The Balaban J connectivity index is 1.51. The second-order valence-corrected chi connectivity index (χ2v) is 6.70. The highest BCUT2D eigenvalue weighted by atomic mass is 16.5. The Morgan fingerprint density at radius 2 is 1.90 bits per heavy atom. The van der Waals surface area contributed by atoms with Crippen LogP contribution in [0.3, 0.4) is 0 Å². The van der Waals surface area contributed by atoms with Crippen LogP contribution in [0, 0.1) is 0 Å². The summed E-state index contributed by atoms with van der Waals surface area (Å²) in [6.45, 7) is 2.27. The molecule has 1 amide bonds. The molecule has 0 aliphatic heterocycles. The van der Waals surface area contributed by atoms with E-state index in [1.165, 1.54) is 6.26 Å². The molecule has 1 heterocycles. The number of para-hydroxylation sites is 2. The van der Waals surface area contributed by atoms with Crippen LogP contribution < -0.4 is 25.0 Å². The largest absolute Gasteiger partial charge is 0.490 e. The van der Waals surface area contributed by atoms with E-state index in [1.807, 2.05) is 13.0 Å². The van der Waals surface area contributed by atoms with Crippen molar-refractivity contribution in [2.75, 3.05) is 13.2 Å². The standard InChI is InChI=1S/C22H21NO6/c1-2-26-17-5-3-4-6-18(17)29-20-12-28-19-11-15(9-10-16(19)22(20)25)27-13-21(24)23-14-7-8-14/h3-6,9-12,14H,2,7-8,13H2,1H3,(H,23,24). The molecule has 1 fully saturated rings. The van der Waals surface area contributed by atoms with Gasteiger partial charge in [-0.3, -0.25) is 9.59 Å². The molecule has 0 unspecified atom stereocenters. The summed E-state index contributed by atoms with van der Waals surface area (Å²) in [6.07, 6.45) is 3.30. The number of amides is 1. The van der Waals surface area contributed by atoms with Crippen molar-refractivity contribution in [1.82, 2.24) is 5.32 Å². The first-order valence-electron chi connectivity index (χ1n) is 9.51. The predicted molar refractivity (Wildman–Crippen MR) is 107 cm³/mol. The molecule has 150 valence electrons. The van der Waals surface area contributed by atoms with E-state index in [-0.39, 0.29) is 29.7 Å². The van der Waals surface area contributed by atoms with Crippen molar-refractivity contribution in [3.05, 3.63) is 59.0 Å². The molecule has 1 saturated carbocycles. The van der Waals surface area contributed by atoms with Gasteiger partial charge >= 0.3 is 0 Å². The Bertz CT molecular complexity index is 1090. The zero-order valence-electron chi connectivity index (χ0n) is 16.0. The molecule has 1 aliphatic rings. The van der Waals surface area contributed by atoms with Crippen LogP contribution >= 0.6 is 0 Å². The zero-order chi connectivity index (χ0) is 20.2. The highest BCUT2D eigenvalue weighted by Gasteiger charge is 2.23. The van der Waals surface area contributed by atoms with Gasteiger partial charge in [0.05, 0.1) is 12.0 Å². The summed E-state index contributed by atoms with van der Waals surface area (Å²) >= 11 is 0. The van der Waals surface area contributed by atoms with Crippen LogP contribution in [-0.4, -0.2) is 25.2 Å². The van der Waals surface area contributed by atoms with E-state index in [9.17, 15) is 9.59 Å². The fourth-order valence-electron chi connectivity index (χ4n) is 2.82. The van der Waals surface area contributed by atoms with Crippen molar-refractivity contribution >= 4 is 16.9 Å². The average Bonchev–Trinajstić information content (AvgIpc) is 3.54. The third-order valence-electron chi connectivity index (χ3n) is 4.40. The Morgan fingerprint density at radius 1 is 1.10 bits per heavy atom. The number of hydrogen-bond donors (Lipinski definition) is 1. The fraction of sp³-hybridized carbons (Fsp3) is 0.273. The summed E-state index contributed by atoms with van der Waals surface area (Å²) < 4.78 is 22.3. The van der Waals surface area contributed by atoms with E-state index in [1.54, 1.807) is 36.4 Å². The second-order valence-electron chi connectivity index (χ2n) is 6.70. The summed E-state index contributed by atoms with van der Waals surface area (Å²) in [6, 6.07) is 12.2. The van der Waals surface area contributed by atoms with Gasteiger partial charge < -0.3 is 23.9 Å². The van der Waals surface area contributed by atoms with E-state index in [0.717, 1.165) is 12.8 Å². The lowest BCUT2D eigenvalue weighted by atomic mass is 10.2. The zero-order valence-corrected chi connectivity index (χ0v) is 16.0. The molecule has 4 rings (SSSR count). The van der Waals surface area contributed by atoms with Gasteiger partial charge in [-0.25, -0.2) is 0 Å². The maximum atomic E-state index is 12.8. The van der Waals surface area contributed by atoms with Crippen LogP contribution in [-0.2, 0) is 4.79 Å². The van der Waals surface area contributed by atoms with E-state index in [0.29, 0.717) is 34.8 Å². The van der Waals surface area contributed by atoms with Gasteiger partial charge in [-0.1, -0.05) is 12.1 Å². The number of nitrogens with one attached hydrogen (secondary N) is 1. The highest BCUT2D eigenvalue weighted by molar-refractivity contribution is 5.80. The number of hydrogen-bond acceptors (Lipinski definition) is 6. The summed E-state index contributed by atoms with van der Waals surface area (Å²) in [7, 11) is 0. The van der Waals surface area contributed by atoms with Gasteiger partial charge in [-0.2, -0.15) is 0 Å². The minimum atomic E-state index is -0.310. The van der Waals surface area contributed by atoms with Gasteiger partial charge in [-0.15, -0.1) is 0 Å². The first-order valence-corrected chi connectivity index (χ1v) is 9.51. The monoisotopic (exact) mass is 395 g/mol. The number of benzene rings is 2. The van der Waals surface area contributed by atoms with Crippen LogP contribution in [0.25, 0.3) is 11.0 Å². The predicted octanol–water partition coefficient (Wildman–Crippen LogP) is 3.64. The molecule has 0 bridgehead atoms. The smallest absolute Gasteiger partial charge is 0.258 e. The molecule has 1 aromatic heterocycles. The van der Waals surface area contributed by atoms with Crippen molar-refractivity contribution < 1.29 is 23.4 Å². The second kappa shape index (κ2) is 8.26. The number of carbonyl (C=O) groups excluding carboxylic acids is 1. The Kier molecular flexibility index (Phi) is 5.37. The maximum Gasteiger partial charge on any atom is 0.258 e. The van der Waals surface area contributed by atoms with Gasteiger partial charge in [0.2, 0.25) is 11.2 Å². The third-order valence-corrected chi connectivity index (χ3v) is 4.40. The van der Waals surface area contributed by atoms with Crippen molar-refractivity contribution in [2.45, 2.75) is 25.8 Å². The lowest BCUT2D eigenvalue weighted by Gasteiger charge is -2.11. The Morgan fingerprint density at radius 3 is 2.66 bits per heavy atom. The Hall–Kier alpha value is -3.48. The third kappa shape index (κ3) is 4.51. The number of rotatable bonds is 8. The van der Waals surface area contributed by atoms with Crippen molar-refractivity contribution in [1.29, 1.82) is 0 Å². The Labute approximate surface area is 167 Å². The molecule has 0 atom stereocenters. The minimum absolute atomic E-state index is 0.0575. The van der Waals surface area contributed by atoms with E-state index in [4.69, 9.17) is 18.6 Å². The molecule has 0 saturated heterocycles. The molecule has 1 N–H and O–H groups in total. The van der Waals surface area contributed by atoms with Crippen molar-refractivity contribution in [2.24, 2.45) is 0 Å². The molecule has 2 aromatic carbocycles. The van der Waals surface area contributed by atoms with Crippen LogP contribution in [0.5, 0.6) is 23.0 Å². The molecule has 29 heavy (non-hydrogen) atoms. The molecular formula is C22H21NO6. The molecule has 7 nitrogen and oxygen atoms in total. The molecular weight excluding hydrogens is 374 g/mol. The van der Waals surface area contributed by atoms with E-state index >= 15 is 0 Å². The molecule has 1 aliphatic carbocycles. The minimum Gasteiger partial charge on any atom is -0.490 e. The fourth-order valence-corrected chi connectivity index (χ4v) is 2.82. The average molecular weight is 395 g/mol. The summed E-state index contributed by atoms with van der Waals surface area (Å²) in [5.74, 6) is 1.32. The summed E-state index contributed by atoms with van der Waals surface area (Å²) in [4.78, 5) is 24.5. The van der Waals surface area contributed by atoms with Crippen molar-refractivity contribution in [3.63, 3.8) is 0 Å². The van der Waals surface area contributed by atoms with Gasteiger partial charge in [0.1, 0.15) is 17.6 Å². The van der Waals surface area contributed by atoms with Gasteiger partial charge in [0, 0.05) is 12.1 Å². The van der Waals surface area contributed by atoms with Crippen LogP contribution in [0.15, 0.2) is 57.9 Å².